The maximum atomic E-state index is 14.7. The number of aryl methyl sites for hydroxylation is 1. The summed E-state index contributed by atoms with van der Waals surface area (Å²) in [6.45, 7) is 1.94. The fraction of sp³-hybridized carbons (Fsp3) is 0.318. The van der Waals surface area contributed by atoms with Crippen LogP contribution in [0, 0.1) is 11.6 Å². The highest BCUT2D eigenvalue weighted by molar-refractivity contribution is 7.92. The summed E-state index contributed by atoms with van der Waals surface area (Å²) in [6, 6.07) is 12.9. The number of sulfonamides is 1. The normalized spacial score (nSPS) is 15.0. The molecule has 63 heavy (non-hydrogen) atoms. The van der Waals surface area contributed by atoms with Gasteiger partial charge in [-0.05, 0) is 74.7 Å². The lowest BCUT2D eigenvalue weighted by Gasteiger charge is -2.29. The summed E-state index contributed by atoms with van der Waals surface area (Å²) in [5, 5.41) is 8.35. The van der Waals surface area contributed by atoms with Crippen LogP contribution in [0.3, 0.4) is 0 Å². The molecule has 2 aliphatic heterocycles. The van der Waals surface area contributed by atoms with Crippen molar-refractivity contribution in [2.75, 3.05) is 22.3 Å². The summed E-state index contributed by atoms with van der Waals surface area (Å²) in [7, 11) is -2.21. The van der Waals surface area contributed by atoms with Crippen LogP contribution in [0.15, 0.2) is 71.7 Å². The number of piperidine rings is 1. The third-order valence-corrected chi connectivity index (χ3v) is 12.3. The van der Waals surface area contributed by atoms with E-state index in [0.717, 1.165) is 31.4 Å². The second-order valence-electron chi connectivity index (χ2n) is 15.4. The highest BCUT2D eigenvalue weighted by atomic mass is 32.2. The van der Waals surface area contributed by atoms with Crippen LogP contribution in [0.5, 0.6) is 11.5 Å². The second kappa shape index (κ2) is 18.6. The molecular formula is C44H45F2N7O9S. The number of nitrogens with one attached hydrogen (secondary N) is 5. The molecule has 1 fully saturated rings. The monoisotopic (exact) mass is 885 g/mol. The van der Waals surface area contributed by atoms with Crippen LogP contribution in [-0.2, 0) is 38.0 Å². The Bertz CT molecular complexity index is 2820. The van der Waals surface area contributed by atoms with Crippen LogP contribution in [0.4, 0.5) is 20.2 Å². The first-order valence-corrected chi connectivity index (χ1v) is 22.1. The summed E-state index contributed by atoms with van der Waals surface area (Å²) in [5.41, 5.74) is 2.03. The van der Waals surface area contributed by atoms with Gasteiger partial charge in [0.05, 0.1) is 5.75 Å². The van der Waals surface area contributed by atoms with E-state index < -0.39 is 45.1 Å². The SMILES string of the molecule is CCS(=O)(=O)Nc1ccc(Oc2ccc(F)cc2F)c(-c2cn(C)c(=O)c3[nH]c(C(=O)NCCCCCCCC(=O)Nc4cccc5c4CN(C4CCC(=O)NC4=O)C5=O)cc23)c1. The Balaban J connectivity index is 0.934. The second-order valence-corrected chi connectivity index (χ2v) is 17.4. The molecule has 0 aliphatic carbocycles. The average Bonchev–Trinajstić information content (AvgIpc) is 3.84. The highest BCUT2D eigenvalue weighted by Crippen LogP contribution is 2.40. The summed E-state index contributed by atoms with van der Waals surface area (Å²) >= 11 is 0. The number of H-pyrrole nitrogens is 1. The molecule has 1 unspecified atom stereocenters. The number of hydrogen-bond acceptors (Lipinski definition) is 9. The van der Waals surface area contributed by atoms with Crippen molar-refractivity contribution in [3.8, 4) is 22.6 Å². The van der Waals surface area contributed by atoms with Crippen molar-refractivity contribution in [3.63, 3.8) is 0 Å². The zero-order valence-corrected chi connectivity index (χ0v) is 35.3. The molecule has 5 N–H and O–H groups in total. The minimum Gasteiger partial charge on any atom is -0.454 e. The van der Waals surface area contributed by atoms with Gasteiger partial charge in [-0.15, -0.1) is 0 Å². The molecule has 1 saturated heterocycles. The highest BCUT2D eigenvalue weighted by Gasteiger charge is 2.40. The van der Waals surface area contributed by atoms with Gasteiger partial charge in [0.2, 0.25) is 27.7 Å². The lowest BCUT2D eigenvalue weighted by atomic mass is 10.0. The summed E-state index contributed by atoms with van der Waals surface area (Å²) in [6.07, 6.45) is 5.69. The van der Waals surface area contributed by atoms with Gasteiger partial charge in [-0.3, -0.25) is 38.8 Å². The van der Waals surface area contributed by atoms with E-state index >= 15 is 0 Å². The fourth-order valence-corrected chi connectivity index (χ4v) is 8.28. The minimum absolute atomic E-state index is 0.0601. The lowest BCUT2D eigenvalue weighted by molar-refractivity contribution is -0.137. The number of amides is 5. The third kappa shape index (κ3) is 9.93. The number of nitrogens with zero attached hydrogens (tertiary/aromatic N) is 2. The van der Waals surface area contributed by atoms with E-state index in [0.29, 0.717) is 53.2 Å². The molecule has 0 bridgehead atoms. The van der Waals surface area contributed by atoms with Gasteiger partial charge in [-0.25, -0.2) is 17.2 Å². The quantitative estimate of drug-likeness (QED) is 0.0559. The van der Waals surface area contributed by atoms with E-state index in [2.05, 4.69) is 25.7 Å². The van der Waals surface area contributed by atoms with E-state index in [1.165, 1.54) is 53.9 Å². The van der Waals surface area contributed by atoms with Crippen molar-refractivity contribution < 1.29 is 45.9 Å². The third-order valence-electron chi connectivity index (χ3n) is 11.0. The molecular weight excluding hydrogens is 841 g/mol. The number of halogens is 2. The minimum atomic E-state index is -3.71. The number of ether oxygens (including phenoxy) is 1. The first-order chi connectivity index (χ1) is 30.1. The van der Waals surface area contributed by atoms with Crippen LogP contribution < -0.4 is 31.0 Å². The first kappa shape index (κ1) is 44.2. The van der Waals surface area contributed by atoms with E-state index in [-0.39, 0.29) is 83.2 Å². The molecule has 2 aromatic heterocycles. The smallest absolute Gasteiger partial charge is 0.274 e. The van der Waals surface area contributed by atoms with Crippen molar-refractivity contribution >= 4 is 61.8 Å². The average molecular weight is 886 g/mol. The number of benzene rings is 3. The molecule has 0 saturated carbocycles. The molecule has 330 valence electrons. The van der Waals surface area contributed by atoms with Crippen LogP contribution in [-0.4, -0.2) is 70.7 Å². The zero-order chi connectivity index (χ0) is 45.0. The topological polar surface area (TPSA) is 218 Å². The number of rotatable bonds is 17. The fourth-order valence-electron chi connectivity index (χ4n) is 7.65. The molecule has 0 radical (unpaired) electrons. The number of fused-ring (bicyclic) bond motifs is 2. The molecule has 7 rings (SSSR count). The standard InChI is InChI=1S/C44H45F2N7O9S/c1-3-63(60,61)51-26-14-17-36(62-37-16-13-25(45)20-32(37)46)28(21-26)30-23-52(2)44(59)40-29(30)22-34(49-40)41(56)47-19-8-6-4-5-7-12-38(54)48-33-11-9-10-27-31(33)24-53(43(27)58)35-15-18-39(55)50-42(35)57/h9-11,13-14,16-17,20-23,35,49,51H,3-8,12,15,18-19,24H2,1-2H3,(H,47,56)(H,48,54)(H,50,55,57). The van der Waals surface area contributed by atoms with E-state index in [9.17, 15) is 46.0 Å². The zero-order valence-electron chi connectivity index (χ0n) is 34.4. The maximum absolute atomic E-state index is 14.7. The van der Waals surface area contributed by atoms with Gasteiger partial charge in [0.15, 0.2) is 11.6 Å². The molecule has 0 spiro atoms. The van der Waals surface area contributed by atoms with Crippen molar-refractivity contribution in [3.05, 3.63) is 106 Å². The van der Waals surface area contributed by atoms with Gasteiger partial charge >= 0.3 is 0 Å². The maximum Gasteiger partial charge on any atom is 0.274 e. The van der Waals surface area contributed by atoms with Gasteiger partial charge in [-0.2, -0.15) is 0 Å². The van der Waals surface area contributed by atoms with Crippen molar-refractivity contribution in [1.29, 1.82) is 0 Å². The number of hydrogen-bond donors (Lipinski definition) is 5. The Morgan fingerprint density at radius 3 is 2.43 bits per heavy atom. The number of carbonyl (C=O) groups is 5. The van der Waals surface area contributed by atoms with E-state index in [1.807, 2.05) is 0 Å². The number of carbonyl (C=O) groups excluding carboxylic acids is 5. The van der Waals surface area contributed by atoms with Gasteiger partial charge in [0.1, 0.15) is 28.8 Å². The Morgan fingerprint density at radius 2 is 1.67 bits per heavy atom. The van der Waals surface area contributed by atoms with E-state index in [4.69, 9.17) is 4.74 Å². The molecule has 16 nitrogen and oxygen atoms in total. The molecule has 2 aliphatic rings. The van der Waals surface area contributed by atoms with Crippen LogP contribution >= 0.6 is 0 Å². The van der Waals surface area contributed by atoms with Gasteiger partial charge in [-0.1, -0.05) is 25.3 Å². The predicted octanol–water partition coefficient (Wildman–Crippen LogP) is 5.84. The van der Waals surface area contributed by atoms with Crippen molar-refractivity contribution in [2.45, 2.75) is 70.9 Å². The van der Waals surface area contributed by atoms with Crippen LogP contribution in [0.2, 0.25) is 0 Å². The number of aromatic nitrogens is 2. The Morgan fingerprint density at radius 1 is 0.905 bits per heavy atom. The Labute approximate surface area is 360 Å². The first-order valence-electron chi connectivity index (χ1n) is 20.5. The van der Waals surface area contributed by atoms with Gasteiger partial charge in [0, 0.05) is 84.3 Å². The largest absolute Gasteiger partial charge is 0.454 e. The number of unbranched alkanes of at least 4 members (excludes halogenated alkanes) is 4. The van der Waals surface area contributed by atoms with Crippen LogP contribution in [0.25, 0.3) is 22.0 Å². The Hall–Kier alpha value is -6.89. The number of anilines is 2. The summed E-state index contributed by atoms with van der Waals surface area (Å²) in [4.78, 5) is 81.0. The molecule has 5 amide bonds. The van der Waals surface area contributed by atoms with Crippen molar-refractivity contribution in [1.82, 2.24) is 25.1 Å². The van der Waals surface area contributed by atoms with Crippen LogP contribution in [0.1, 0.15) is 84.7 Å². The van der Waals surface area contributed by atoms with Gasteiger partial charge < -0.3 is 29.8 Å². The number of aromatic amines is 1. The molecule has 1 atom stereocenters. The molecule has 19 heteroatoms. The summed E-state index contributed by atoms with van der Waals surface area (Å²) in [5.74, 6) is -4.10. The van der Waals surface area contributed by atoms with Crippen molar-refractivity contribution in [2.24, 2.45) is 7.05 Å². The molecule has 3 aromatic carbocycles. The van der Waals surface area contributed by atoms with E-state index in [1.54, 1.807) is 18.2 Å². The summed E-state index contributed by atoms with van der Waals surface area (Å²) < 4.78 is 62.9. The lowest BCUT2D eigenvalue weighted by Crippen LogP contribution is -2.52. The van der Waals surface area contributed by atoms with Gasteiger partial charge in [0.25, 0.3) is 17.4 Å². The predicted molar refractivity (Wildman–Crippen MR) is 230 cm³/mol. The number of pyridine rings is 1. The number of imide groups is 1. The molecule has 5 aromatic rings. The Kier molecular flexibility index (Phi) is 13.1. The molecule has 4 heterocycles.